The minimum atomic E-state index is -3.75. The number of rotatable bonds is 5. The molecule has 2 aromatic rings. The van der Waals surface area contributed by atoms with E-state index < -0.39 is 22.2 Å². The highest BCUT2D eigenvalue weighted by atomic mass is 32.2. The number of nitrogens with zero attached hydrogens (tertiary/aromatic N) is 3. The van der Waals surface area contributed by atoms with Crippen LogP contribution < -0.4 is 4.74 Å². The molecule has 0 aliphatic carbocycles. The maximum absolute atomic E-state index is 12.3. The van der Waals surface area contributed by atoms with Crippen LogP contribution in [-0.2, 0) is 22.6 Å². The molecule has 9 heteroatoms. The third-order valence-electron chi connectivity index (χ3n) is 2.53. The standard InChI is InChI=1S/C11H11F2N3O3S/c1-16-10(6-14-15-16)20(17,18)7-8-4-2-3-5-9(8)19-11(12)13/h2-6,11H,7H2,1H3. The molecule has 0 N–H and O–H groups in total. The summed E-state index contributed by atoms with van der Waals surface area (Å²) in [4.78, 5) is 0. The van der Waals surface area contributed by atoms with Crippen molar-refractivity contribution in [3.05, 3.63) is 36.0 Å². The van der Waals surface area contributed by atoms with E-state index >= 15 is 0 Å². The fourth-order valence-electron chi connectivity index (χ4n) is 1.67. The van der Waals surface area contributed by atoms with Crippen molar-refractivity contribution in [2.45, 2.75) is 17.4 Å². The summed E-state index contributed by atoms with van der Waals surface area (Å²) in [5.41, 5.74) is 0.147. The van der Waals surface area contributed by atoms with Crippen LogP contribution in [0.3, 0.4) is 0 Å². The molecule has 6 nitrogen and oxygen atoms in total. The Morgan fingerprint density at radius 3 is 2.65 bits per heavy atom. The predicted octanol–water partition coefficient (Wildman–Crippen LogP) is 1.39. The molecule has 0 radical (unpaired) electrons. The van der Waals surface area contributed by atoms with E-state index in [9.17, 15) is 17.2 Å². The van der Waals surface area contributed by atoms with Gasteiger partial charge in [0.15, 0.2) is 5.03 Å². The van der Waals surface area contributed by atoms with Gasteiger partial charge in [0, 0.05) is 12.6 Å². The Morgan fingerprint density at radius 1 is 1.35 bits per heavy atom. The van der Waals surface area contributed by atoms with Crippen LogP contribution >= 0.6 is 0 Å². The van der Waals surface area contributed by atoms with Crippen molar-refractivity contribution >= 4 is 9.84 Å². The van der Waals surface area contributed by atoms with Gasteiger partial charge in [-0.25, -0.2) is 13.1 Å². The Bertz CT molecular complexity index is 700. The van der Waals surface area contributed by atoms with Gasteiger partial charge in [-0.15, -0.1) is 5.10 Å². The van der Waals surface area contributed by atoms with E-state index in [1.54, 1.807) is 6.07 Å². The van der Waals surface area contributed by atoms with Crippen molar-refractivity contribution in [3.8, 4) is 5.75 Å². The van der Waals surface area contributed by atoms with Crippen LogP contribution in [0.1, 0.15) is 5.56 Å². The second kappa shape index (κ2) is 5.53. The monoisotopic (exact) mass is 303 g/mol. The number of alkyl halides is 2. The van der Waals surface area contributed by atoms with Crippen molar-refractivity contribution in [1.29, 1.82) is 0 Å². The summed E-state index contributed by atoms with van der Waals surface area (Å²) in [5, 5.41) is 6.92. The average Bonchev–Trinajstić information content (AvgIpc) is 2.78. The van der Waals surface area contributed by atoms with Gasteiger partial charge in [-0.3, -0.25) is 0 Å². The lowest BCUT2D eigenvalue weighted by Gasteiger charge is -2.10. The maximum atomic E-state index is 12.3. The van der Waals surface area contributed by atoms with E-state index in [0.29, 0.717) is 0 Å². The Hall–Kier alpha value is -2.03. The SMILES string of the molecule is Cn1nncc1S(=O)(=O)Cc1ccccc1OC(F)F. The number of ether oxygens (including phenoxy) is 1. The van der Waals surface area contributed by atoms with E-state index in [1.165, 1.54) is 25.2 Å². The van der Waals surface area contributed by atoms with Crippen LogP contribution in [0.2, 0.25) is 0 Å². The molecule has 0 atom stereocenters. The van der Waals surface area contributed by atoms with Gasteiger partial charge in [-0.2, -0.15) is 8.78 Å². The molecular weight excluding hydrogens is 292 g/mol. The first-order chi connectivity index (χ1) is 9.40. The van der Waals surface area contributed by atoms with Gasteiger partial charge in [0.25, 0.3) is 0 Å². The van der Waals surface area contributed by atoms with E-state index in [1.807, 2.05) is 0 Å². The second-order valence-electron chi connectivity index (χ2n) is 3.94. The van der Waals surface area contributed by atoms with Crippen LogP contribution in [0, 0.1) is 0 Å². The first-order valence-electron chi connectivity index (χ1n) is 5.50. The Labute approximate surface area is 113 Å². The number of hydrogen-bond acceptors (Lipinski definition) is 5. The second-order valence-corrected chi connectivity index (χ2v) is 5.88. The first-order valence-corrected chi connectivity index (χ1v) is 7.15. The van der Waals surface area contributed by atoms with E-state index in [4.69, 9.17) is 0 Å². The summed E-state index contributed by atoms with van der Waals surface area (Å²) in [5.74, 6) is -0.641. The van der Waals surface area contributed by atoms with Gasteiger partial charge in [-0.1, -0.05) is 23.4 Å². The summed E-state index contributed by atoms with van der Waals surface area (Å²) >= 11 is 0. The fourth-order valence-corrected chi connectivity index (χ4v) is 3.12. The van der Waals surface area contributed by atoms with Gasteiger partial charge >= 0.3 is 6.61 Å². The Kier molecular flexibility index (Phi) is 3.98. The van der Waals surface area contributed by atoms with Gasteiger partial charge in [0.1, 0.15) is 5.75 Å². The molecule has 0 aliphatic heterocycles. The minimum absolute atomic E-state index is 0.0932. The smallest absolute Gasteiger partial charge is 0.387 e. The molecule has 0 saturated carbocycles. The van der Waals surface area contributed by atoms with Crippen molar-refractivity contribution in [2.75, 3.05) is 0 Å². The molecular formula is C11H11F2N3O3S. The summed E-state index contributed by atoms with van der Waals surface area (Å²) in [6, 6.07) is 5.74. The quantitative estimate of drug-likeness (QED) is 0.834. The zero-order valence-electron chi connectivity index (χ0n) is 10.4. The molecule has 0 amide bonds. The number of benzene rings is 1. The normalized spacial score (nSPS) is 11.8. The van der Waals surface area contributed by atoms with Crippen molar-refractivity contribution in [2.24, 2.45) is 7.05 Å². The highest BCUT2D eigenvalue weighted by Crippen LogP contribution is 2.24. The first kappa shape index (κ1) is 14.4. The lowest BCUT2D eigenvalue weighted by molar-refractivity contribution is -0.0503. The molecule has 1 aromatic heterocycles. The van der Waals surface area contributed by atoms with Crippen LogP contribution in [0.5, 0.6) is 5.75 Å². The number of halogens is 2. The van der Waals surface area contributed by atoms with Gasteiger partial charge in [0.2, 0.25) is 9.84 Å². The molecule has 2 rings (SSSR count). The molecule has 0 unspecified atom stereocenters. The summed E-state index contributed by atoms with van der Waals surface area (Å²) in [6.07, 6.45) is 1.10. The minimum Gasteiger partial charge on any atom is -0.435 e. The lowest BCUT2D eigenvalue weighted by atomic mass is 10.2. The predicted molar refractivity (Wildman–Crippen MR) is 65.0 cm³/mol. The van der Waals surface area contributed by atoms with Gasteiger partial charge in [0.05, 0.1) is 11.9 Å². The zero-order valence-corrected chi connectivity index (χ0v) is 11.2. The zero-order chi connectivity index (χ0) is 14.8. The average molecular weight is 303 g/mol. The van der Waals surface area contributed by atoms with Crippen LogP contribution in [0.15, 0.2) is 35.5 Å². The molecule has 20 heavy (non-hydrogen) atoms. The maximum Gasteiger partial charge on any atom is 0.387 e. The third-order valence-corrected chi connectivity index (χ3v) is 4.22. The molecule has 108 valence electrons. The van der Waals surface area contributed by atoms with Crippen LogP contribution in [-0.4, -0.2) is 30.0 Å². The van der Waals surface area contributed by atoms with E-state index in [-0.39, 0.29) is 16.3 Å². The molecule has 0 bridgehead atoms. The topological polar surface area (TPSA) is 74.1 Å². The molecule has 1 heterocycles. The molecule has 1 aromatic carbocycles. The highest BCUT2D eigenvalue weighted by Gasteiger charge is 2.22. The highest BCUT2D eigenvalue weighted by molar-refractivity contribution is 7.90. The summed E-state index contributed by atoms with van der Waals surface area (Å²) in [6.45, 7) is -3.02. The van der Waals surface area contributed by atoms with E-state index in [2.05, 4.69) is 15.0 Å². The Balaban J connectivity index is 2.33. The third kappa shape index (κ3) is 3.10. The van der Waals surface area contributed by atoms with Crippen molar-refractivity contribution < 1.29 is 21.9 Å². The fraction of sp³-hybridized carbons (Fsp3) is 0.273. The molecule has 0 spiro atoms. The molecule has 0 aliphatic rings. The van der Waals surface area contributed by atoms with Crippen molar-refractivity contribution in [3.63, 3.8) is 0 Å². The number of aromatic nitrogens is 3. The number of sulfone groups is 1. The van der Waals surface area contributed by atoms with Gasteiger partial charge in [-0.05, 0) is 6.07 Å². The number of hydrogen-bond donors (Lipinski definition) is 0. The lowest BCUT2D eigenvalue weighted by Crippen LogP contribution is -2.12. The van der Waals surface area contributed by atoms with E-state index in [0.717, 1.165) is 10.9 Å². The van der Waals surface area contributed by atoms with Crippen LogP contribution in [0.25, 0.3) is 0 Å². The summed E-state index contributed by atoms with van der Waals surface area (Å²) < 4.78 is 54.3. The molecule has 0 saturated heterocycles. The number of para-hydroxylation sites is 1. The summed E-state index contributed by atoms with van der Waals surface area (Å²) in [7, 11) is -2.31. The van der Waals surface area contributed by atoms with Crippen LogP contribution in [0.4, 0.5) is 8.78 Å². The van der Waals surface area contributed by atoms with Crippen molar-refractivity contribution in [1.82, 2.24) is 15.0 Å². The van der Waals surface area contributed by atoms with Gasteiger partial charge < -0.3 is 4.74 Å². The molecule has 0 fully saturated rings. The number of aryl methyl sites for hydroxylation is 1. The largest absolute Gasteiger partial charge is 0.435 e. The Morgan fingerprint density at radius 2 is 2.05 bits per heavy atom.